The van der Waals surface area contributed by atoms with Crippen LogP contribution in [0, 0.1) is 0 Å². The zero-order valence-corrected chi connectivity index (χ0v) is 32.0. The maximum absolute atomic E-state index is 13.4. The van der Waals surface area contributed by atoms with Gasteiger partial charge in [0, 0.05) is 59.8 Å². The predicted molar refractivity (Wildman–Crippen MR) is 201 cm³/mol. The first-order valence-electron chi connectivity index (χ1n) is 15.5. The number of halogens is 3. The molecule has 49 heavy (non-hydrogen) atoms. The monoisotopic (exact) mass is 797 g/mol. The highest BCUT2D eigenvalue weighted by Gasteiger charge is 2.42. The minimum atomic E-state index is -4.09. The van der Waals surface area contributed by atoms with Gasteiger partial charge in [-0.3, -0.25) is 9.78 Å². The molecule has 2 aromatic heterocycles. The van der Waals surface area contributed by atoms with Crippen molar-refractivity contribution in [3.63, 3.8) is 0 Å². The number of carbonyl (C=O) groups is 1. The predicted octanol–water partition coefficient (Wildman–Crippen LogP) is 8.47. The molecule has 1 fully saturated rings. The molecule has 9 nitrogen and oxygen atoms in total. The molecule has 1 amide bonds. The van der Waals surface area contributed by atoms with E-state index in [2.05, 4.69) is 40.6 Å². The summed E-state index contributed by atoms with van der Waals surface area (Å²) in [4.78, 5) is 22.2. The van der Waals surface area contributed by atoms with Gasteiger partial charge in [0.1, 0.15) is 19.1 Å². The molecule has 1 saturated heterocycles. The molecule has 0 atom stereocenters. The number of imidazole rings is 1. The first-order chi connectivity index (χ1) is 23.3. The standard InChI is InChI=1S/C35H34BrCl2N5O4SSi/c1-49(2,3)17-16-47-23-43-35(44)22-42(48(43,45)46)29-12-10-28(11-13-29)41-21-33(30-14-9-27(37)19-31(30)38)40-34(41)18-24-4-6-25(7-5-24)32-15-8-26(36)20-39-32/h4-15,19-21H,16-18,22-23H2,1-3H3. The van der Waals surface area contributed by atoms with Crippen LogP contribution in [0.4, 0.5) is 5.69 Å². The van der Waals surface area contributed by atoms with E-state index in [0.717, 1.165) is 53.0 Å². The zero-order valence-electron chi connectivity index (χ0n) is 27.1. The smallest absolute Gasteiger partial charge is 0.331 e. The third-order valence-corrected chi connectivity index (χ3v) is 12.5. The van der Waals surface area contributed by atoms with Gasteiger partial charge in [0.15, 0.2) is 0 Å². The van der Waals surface area contributed by atoms with Gasteiger partial charge in [-0.2, -0.15) is 12.7 Å². The third-order valence-electron chi connectivity index (χ3n) is 8.06. The molecule has 3 heterocycles. The molecule has 0 aliphatic carbocycles. The van der Waals surface area contributed by atoms with Crippen LogP contribution < -0.4 is 4.31 Å². The Hall–Kier alpha value is -3.52. The number of nitrogens with zero attached hydrogens (tertiary/aromatic N) is 5. The van der Waals surface area contributed by atoms with Crippen LogP contribution in [-0.4, -0.2) is 61.1 Å². The fourth-order valence-corrected chi connectivity index (χ4v) is 8.23. The summed E-state index contributed by atoms with van der Waals surface area (Å²) < 4.78 is 37.1. The number of amides is 1. The van der Waals surface area contributed by atoms with Gasteiger partial charge in [-0.25, -0.2) is 9.29 Å². The van der Waals surface area contributed by atoms with Crippen molar-refractivity contribution < 1.29 is 17.9 Å². The Morgan fingerprint density at radius 2 is 1.63 bits per heavy atom. The van der Waals surface area contributed by atoms with E-state index >= 15 is 0 Å². The topological polar surface area (TPSA) is 97.6 Å². The average Bonchev–Trinajstić information content (AvgIpc) is 3.56. The Kier molecular flexibility index (Phi) is 10.4. The molecular formula is C35H34BrCl2N5O4SSi. The molecular weight excluding hydrogens is 765 g/mol. The van der Waals surface area contributed by atoms with E-state index in [1.165, 1.54) is 0 Å². The number of anilines is 1. The first-order valence-corrected chi connectivity index (χ1v) is 22.2. The second kappa shape index (κ2) is 14.4. The van der Waals surface area contributed by atoms with Crippen LogP contribution in [0.1, 0.15) is 11.4 Å². The summed E-state index contributed by atoms with van der Waals surface area (Å²) in [6.45, 7) is 6.45. The summed E-state index contributed by atoms with van der Waals surface area (Å²) >= 11 is 16.2. The summed E-state index contributed by atoms with van der Waals surface area (Å²) in [6, 6.07) is 25.2. The molecule has 0 N–H and O–H groups in total. The maximum atomic E-state index is 13.4. The van der Waals surface area contributed by atoms with Gasteiger partial charge in [-0.15, -0.1) is 0 Å². The van der Waals surface area contributed by atoms with Crippen LogP contribution in [0.2, 0.25) is 35.7 Å². The minimum Gasteiger partial charge on any atom is -0.360 e. The second-order valence-electron chi connectivity index (χ2n) is 12.9. The Labute approximate surface area is 305 Å². The molecule has 0 spiro atoms. The Balaban J connectivity index is 1.27. The normalized spacial score (nSPS) is 14.5. The molecule has 5 aromatic rings. The van der Waals surface area contributed by atoms with Gasteiger partial charge in [0.2, 0.25) is 0 Å². The van der Waals surface area contributed by atoms with Gasteiger partial charge in [-0.1, -0.05) is 67.1 Å². The number of hydrogen-bond acceptors (Lipinski definition) is 6. The summed E-state index contributed by atoms with van der Waals surface area (Å²) in [5.41, 5.74) is 5.43. The Bertz CT molecular complexity index is 2090. The molecule has 1 aliphatic heterocycles. The van der Waals surface area contributed by atoms with Crippen LogP contribution in [-0.2, 0) is 26.2 Å². The molecule has 3 aromatic carbocycles. The third kappa shape index (κ3) is 8.11. The van der Waals surface area contributed by atoms with Crippen molar-refractivity contribution in [2.75, 3.05) is 24.2 Å². The highest BCUT2D eigenvalue weighted by Crippen LogP contribution is 2.33. The van der Waals surface area contributed by atoms with Crippen molar-refractivity contribution in [3.8, 4) is 28.2 Å². The lowest BCUT2D eigenvalue weighted by molar-refractivity contribution is -0.127. The number of benzene rings is 3. The van der Waals surface area contributed by atoms with Crippen molar-refractivity contribution in [1.82, 2.24) is 18.8 Å². The summed E-state index contributed by atoms with van der Waals surface area (Å²) in [5.74, 6) is 0.217. The second-order valence-corrected chi connectivity index (χ2v) is 22.1. The van der Waals surface area contributed by atoms with Gasteiger partial charge in [0.25, 0.3) is 5.91 Å². The van der Waals surface area contributed by atoms with Gasteiger partial charge in [0.05, 0.1) is 22.1 Å². The zero-order chi connectivity index (χ0) is 34.9. The largest absolute Gasteiger partial charge is 0.360 e. The molecule has 0 radical (unpaired) electrons. The van der Waals surface area contributed by atoms with Gasteiger partial charge < -0.3 is 9.30 Å². The lowest BCUT2D eigenvalue weighted by Gasteiger charge is -2.21. The highest BCUT2D eigenvalue weighted by atomic mass is 79.9. The lowest BCUT2D eigenvalue weighted by Crippen LogP contribution is -2.36. The molecule has 0 unspecified atom stereocenters. The Morgan fingerprint density at radius 1 is 0.918 bits per heavy atom. The fraction of sp³-hybridized carbons (Fsp3) is 0.229. The maximum Gasteiger partial charge on any atom is 0.331 e. The molecule has 1 aliphatic rings. The first kappa shape index (κ1) is 35.3. The SMILES string of the molecule is C[Si](C)(C)CCOCN1C(=O)CN(c2ccc(-n3cc(-c4ccc(Cl)cc4Cl)nc3Cc3ccc(-c4ccc(Br)cn4)cc3)cc2)S1(=O)=O. The number of pyridine rings is 1. The number of rotatable bonds is 11. The summed E-state index contributed by atoms with van der Waals surface area (Å²) in [6.07, 6.45) is 4.17. The van der Waals surface area contributed by atoms with Gasteiger partial charge >= 0.3 is 10.2 Å². The summed E-state index contributed by atoms with van der Waals surface area (Å²) in [7, 11) is -5.45. The molecule has 0 saturated carbocycles. The van der Waals surface area contributed by atoms with Crippen LogP contribution >= 0.6 is 39.1 Å². The number of aromatic nitrogens is 3. The highest BCUT2D eigenvalue weighted by molar-refractivity contribution is 9.10. The van der Waals surface area contributed by atoms with Crippen LogP contribution in [0.3, 0.4) is 0 Å². The van der Waals surface area contributed by atoms with E-state index in [1.807, 2.05) is 65.4 Å². The minimum absolute atomic E-state index is 0.291. The van der Waals surface area contributed by atoms with E-state index in [1.54, 1.807) is 30.5 Å². The number of hydrogen-bond donors (Lipinski definition) is 0. The van der Waals surface area contributed by atoms with Crippen molar-refractivity contribution in [2.24, 2.45) is 0 Å². The number of carbonyl (C=O) groups excluding carboxylic acids is 1. The fourth-order valence-electron chi connectivity index (χ4n) is 5.32. The molecule has 0 bridgehead atoms. The number of ether oxygens (including phenoxy) is 1. The van der Waals surface area contributed by atoms with Crippen LogP contribution in [0.5, 0.6) is 0 Å². The summed E-state index contributed by atoms with van der Waals surface area (Å²) in [5, 5.41) is 1.000. The van der Waals surface area contributed by atoms with Crippen molar-refractivity contribution in [2.45, 2.75) is 32.1 Å². The van der Waals surface area contributed by atoms with Gasteiger partial charge in [-0.05, 0) is 82.1 Å². The van der Waals surface area contributed by atoms with Crippen molar-refractivity contribution in [3.05, 3.63) is 117 Å². The van der Waals surface area contributed by atoms with Crippen molar-refractivity contribution >= 4 is 69.0 Å². The average molecular weight is 800 g/mol. The van der Waals surface area contributed by atoms with E-state index in [0.29, 0.717) is 34.5 Å². The Morgan fingerprint density at radius 3 is 2.29 bits per heavy atom. The molecule has 14 heteroatoms. The van der Waals surface area contributed by atoms with E-state index in [9.17, 15) is 13.2 Å². The lowest BCUT2D eigenvalue weighted by atomic mass is 10.1. The van der Waals surface area contributed by atoms with Crippen LogP contribution in [0.25, 0.3) is 28.2 Å². The van der Waals surface area contributed by atoms with E-state index in [4.69, 9.17) is 32.9 Å². The van der Waals surface area contributed by atoms with E-state index < -0.39 is 24.2 Å². The molecule has 6 rings (SSSR count). The van der Waals surface area contributed by atoms with E-state index in [-0.39, 0.29) is 13.3 Å². The van der Waals surface area contributed by atoms with Crippen molar-refractivity contribution in [1.29, 1.82) is 0 Å². The quantitative estimate of drug-likeness (QED) is 0.0983. The molecule has 254 valence electrons. The van der Waals surface area contributed by atoms with Crippen LogP contribution in [0.15, 0.2) is 95.7 Å².